The summed E-state index contributed by atoms with van der Waals surface area (Å²) in [7, 11) is 0. The Morgan fingerprint density at radius 2 is 1.73 bits per heavy atom. The number of guanidine groups is 1. The first-order valence-corrected chi connectivity index (χ1v) is 9.81. The number of benzene rings is 2. The van der Waals surface area contributed by atoms with Crippen molar-refractivity contribution in [2.45, 2.75) is 46.8 Å². The first-order valence-electron chi connectivity index (χ1n) is 9.81. The Kier molecular flexibility index (Phi) is 11.2. The highest BCUT2D eigenvalue weighted by Gasteiger charge is 2.04. The van der Waals surface area contributed by atoms with Crippen molar-refractivity contribution in [1.29, 1.82) is 0 Å². The second kappa shape index (κ2) is 13.0. The molecule has 0 unspecified atom stereocenters. The van der Waals surface area contributed by atoms with Gasteiger partial charge < -0.3 is 21.3 Å². The topological polar surface area (TPSA) is 77.6 Å². The van der Waals surface area contributed by atoms with Crippen LogP contribution < -0.4 is 21.3 Å². The van der Waals surface area contributed by atoms with Crippen molar-refractivity contribution in [3.8, 4) is 0 Å². The molecule has 0 saturated heterocycles. The summed E-state index contributed by atoms with van der Waals surface area (Å²) in [5.74, 6) is 0.482. The fourth-order valence-corrected chi connectivity index (χ4v) is 2.64. The first kappa shape index (κ1) is 25.7. The van der Waals surface area contributed by atoms with E-state index in [1.165, 1.54) is 6.07 Å². The summed E-state index contributed by atoms with van der Waals surface area (Å²) >= 11 is 0. The maximum absolute atomic E-state index is 13.4. The minimum absolute atomic E-state index is 0. The van der Waals surface area contributed by atoms with Crippen LogP contribution in [0.15, 0.2) is 47.5 Å². The Labute approximate surface area is 195 Å². The standard InChI is InChI=1S/C22H30FN5O.HI/c1-5-24-21(26-14-18-8-11-20(23)16(4)12-18)25-13-17-6-9-19(10-7-17)28-22(29)27-15(2)3;/h6-12,15H,5,13-14H2,1-4H3,(H2,24,25,26)(H2,27,28,29);1H. The molecule has 30 heavy (non-hydrogen) atoms. The molecule has 0 fully saturated rings. The number of anilines is 1. The lowest BCUT2D eigenvalue weighted by atomic mass is 10.1. The molecule has 2 aromatic rings. The van der Waals surface area contributed by atoms with Crippen molar-refractivity contribution >= 4 is 41.7 Å². The van der Waals surface area contributed by atoms with Crippen molar-refractivity contribution in [3.05, 3.63) is 65.0 Å². The van der Waals surface area contributed by atoms with Crippen LogP contribution in [-0.2, 0) is 13.1 Å². The van der Waals surface area contributed by atoms with Gasteiger partial charge in [-0.25, -0.2) is 14.2 Å². The van der Waals surface area contributed by atoms with Crippen LogP contribution in [0.1, 0.15) is 37.5 Å². The van der Waals surface area contributed by atoms with E-state index in [0.717, 1.165) is 23.4 Å². The highest BCUT2D eigenvalue weighted by Crippen LogP contribution is 2.11. The number of rotatable bonds is 7. The van der Waals surface area contributed by atoms with E-state index in [1.54, 1.807) is 13.0 Å². The van der Waals surface area contributed by atoms with Gasteiger partial charge in [-0.05, 0) is 62.6 Å². The van der Waals surface area contributed by atoms with Crippen LogP contribution in [0.5, 0.6) is 0 Å². The normalized spacial score (nSPS) is 10.9. The fourth-order valence-electron chi connectivity index (χ4n) is 2.64. The third-order valence-electron chi connectivity index (χ3n) is 4.08. The Balaban J connectivity index is 0.00000450. The maximum atomic E-state index is 13.4. The number of aryl methyl sites for hydroxylation is 1. The van der Waals surface area contributed by atoms with Gasteiger partial charge in [-0.2, -0.15) is 0 Å². The minimum Gasteiger partial charge on any atom is -0.357 e. The van der Waals surface area contributed by atoms with Gasteiger partial charge in [-0.1, -0.05) is 24.3 Å². The Hall–Kier alpha value is -2.36. The number of nitrogens with zero attached hydrogens (tertiary/aromatic N) is 1. The second-order valence-corrected chi connectivity index (χ2v) is 7.08. The average molecular weight is 527 g/mol. The molecule has 4 N–H and O–H groups in total. The number of urea groups is 1. The molecule has 0 heterocycles. The fraction of sp³-hybridized carbons (Fsp3) is 0.364. The lowest BCUT2D eigenvalue weighted by Crippen LogP contribution is -2.36. The summed E-state index contributed by atoms with van der Waals surface area (Å²) in [6.07, 6.45) is 0. The number of hydrogen-bond acceptors (Lipinski definition) is 2. The number of carbonyl (C=O) groups is 1. The molecule has 0 aliphatic carbocycles. The predicted octanol–water partition coefficient (Wildman–Crippen LogP) is 4.54. The van der Waals surface area contributed by atoms with Gasteiger partial charge in [-0.15, -0.1) is 24.0 Å². The van der Waals surface area contributed by atoms with Gasteiger partial charge in [0.1, 0.15) is 5.82 Å². The van der Waals surface area contributed by atoms with E-state index in [1.807, 2.05) is 51.1 Å². The summed E-state index contributed by atoms with van der Waals surface area (Å²) < 4.78 is 13.4. The number of nitrogens with one attached hydrogen (secondary N) is 4. The average Bonchev–Trinajstić information content (AvgIpc) is 2.67. The Morgan fingerprint density at radius 1 is 1.07 bits per heavy atom. The molecular formula is C22H31FIN5O. The smallest absolute Gasteiger partial charge is 0.319 e. The minimum atomic E-state index is -0.219. The molecule has 0 atom stereocenters. The van der Waals surface area contributed by atoms with E-state index < -0.39 is 0 Å². The SMILES string of the molecule is CCNC(=NCc1ccc(F)c(C)c1)NCc1ccc(NC(=O)NC(C)C)cc1.I. The summed E-state index contributed by atoms with van der Waals surface area (Å²) in [4.78, 5) is 16.3. The molecule has 2 amide bonds. The van der Waals surface area contributed by atoms with E-state index in [2.05, 4.69) is 26.3 Å². The third kappa shape index (κ3) is 8.98. The van der Waals surface area contributed by atoms with Crippen molar-refractivity contribution in [2.75, 3.05) is 11.9 Å². The second-order valence-electron chi connectivity index (χ2n) is 7.08. The van der Waals surface area contributed by atoms with Crippen LogP contribution in [0.2, 0.25) is 0 Å². The number of aliphatic imine (C=N–C) groups is 1. The van der Waals surface area contributed by atoms with E-state index in [-0.39, 0.29) is 41.9 Å². The number of amides is 2. The Bertz CT molecular complexity index is 840. The zero-order valence-corrected chi connectivity index (χ0v) is 20.2. The largest absolute Gasteiger partial charge is 0.357 e. The number of carbonyl (C=O) groups excluding carboxylic acids is 1. The quantitative estimate of drug-likeness (QED) is 0.243. The van der Waals surface area contributed by atoms with Crippen molar-refractivity contribution in [3.63, 3.8) is 0 Å². The predicted molar refractivity (Wildman–Crippen MR) is 132 cm³/mol. The molecule has 0 radical (unpaired) electrons. The zero-order valence-electron chi connectivity index (χ0n) is 17.9. The molecule has 0 aliphatic heterocycles. The summed E-state index contributed by atoms with van der Waals surface area (Å²) in [6, 6.07) is 12.5. The lowest BCUT2D eigenvalue weighted by molar-refractivity contribution is 0.250. The van der Waals surface area contributed by atoms with E-state index in [9.17, 15) is 9.18 Å². The maximum Gasteiger partial charge on any atom is 0.319 e. The highest BCUT2D eigenvalue weighted by atomic mass is 127. The van der Waals surface area contributed by atoms with Gasteiger partial charge in [0.25, 0.3) is 0 Å². The van der Waals surface area contributed by atoms with Gasteiger partial charge >= 0.3 is 6.03 Å². The van der Waals surface area contributed by atoms with Crippen LogP contribution in [0.25, 0.3) is 0 Å². The molecule has 6 nitrogen and oxygen atoms in total. The molecule has 2 aromatic carbocycles. The lowest BCUT2D eigenvalue weighted by Gasteiger charge is -2.13. The van der Waals surface area contributed by atoms with Crippen LogP contribution in [-0.4, -0.2) is 24.6 Å². The molecule has 0 saturated carbocycles. The van der Waals surface area contributed by atoms with Crippen LogP contribution >= 0.6 is 24.0 Å². The molecule has 0 bridgehead atoms. The van der Waals surface area contributed by atoms with E-state index in [4.69, 9.17) is 0 Å². The first-order chi connectivity index (χ1) is 13.9. The third-order valence-corrected chi connectivity index (χ3v) is 4.08. The van der Waals surface area contributed by atoms with Crippen molar-refractivity contribution < 1.29 is 9.18 Å². The van der Waals surface area contributed by atoms with Gasteiger partial charge in [-0.3, -0.25) is 0 Å². The Morgan fingerprint density at radius 3 is 2.33 bits per heavy atom. The zero-order chi connectivity index (χ0) is 21.2. The van der Waals surface area contributed by atoms with Crippen LogP contribution in [0, 0.1) is 12.7 Å². The van der Waals surface area contributed by atoms with Gasteiger partial charge in [0, 0.05) is 24.8 Å². The highest BCUT2D eigenvalue weighted by molar-refractivity contribution is 14.0. The molecule has 164 valence electrons. The van der Waals surface area contributed by atoms with Gasteiger partial charge in [0.05, 0.1) is 6.54 Å². The summed E-state index contributed by atoms with van der Waals surface area (Å²) in [5.41, 5.74) is 3.37. The number of halogens is 2. The molecule has 8 heteroatoms. The van der Waals surface area contributed by atoms with Crippen LogP contribution in [0.3, 0.4) is 0 Å². The van der Waals surface area contributed by atoms with E-state index >= 15 is 0 Å². The molecule has 0 spiro atoms. The molecule has 2 rings (SSSR count). The molecule has 0 aliphatic rings. The molecular weight excluding hydrogens is 496 g/mol. The van der Waals surface area contributed by atoms with Crippen LogP contribution in [0.4, 0.5) is 14.9 Å². The van der Waals surface area contributed by atoms with Gasteiger partial charge in [0.2, 0.25) is 0 Å². The van der Waals surface area contributed by atoms with Crippen molar-refractivity contribution in [1.82, 2.24) is 16.0 Å². The van der Waals surface area contributed by atoms with Crippen molar-refractivity contribution in [2.24, 2.45) is 4.99 Å². The summed E-state index contributed by atoms with van der Waals surface area (Å²) in [5, 5.41) is 12.1. The van der Waals surface area contributed by atoms with Gasteiger partial charge in [0.15, 0.2) is 5.96 Å². The van der Waals surface area contributed by atoms with E-state index in [0.29, 0.717) is 24.6 Å². The molecule has 0 aromatic heterocycles. The monoisotopic (exact) mass is 527 g/mol. The summed E-state index contributed by atoms with van der Waals surface area (Å²) in [6.45, 7) is 9.36. The number of hydrogen-bond donors (Lipinski definition) is 4.